The number of amides is 1. The standard InChI is InChI=1S/C18H20N6O/c25-18(19-9-8-17-22-20-13-23(17)15-6-7-15)10-14-11-21-24(12-14)16-4-2-1-3-5-16/h1-5,11-13,15H,6-10H2,(H,19,25). The summed E-state index contributed by atoms with van der Waals surface area (Å²) < 4.78 is 3.90. The van der Waals surface area contributed by atoms with Crippen LogP contribution in [0.25, 0.3) is 5.69 Å². The molecule has 128 valence electrons. The molecule has 7 heteroatoms. The molecular weight excluding hydrogens is 316 g/mol. The zero-order valence-electron chi connectivity index (χ0n) is 13.9. The van der Waals surface area contributed by atoms with E-state index in [4.69, 9.17) is 0 Å². The number of carbonyl (C=O) groups excluding carboxylic acids is 1. The summed E-state index contributed by atoms with van der Waals surface area (Å²) >= 11 is 0. The van der Waals surface area contributed by atoms with Gasteiger partial charge in [0.05, 0.1) is 18.3 Å². The minimum absolute atomic E-state index is 0.00917. The third kappa shape index (κ3) is 3.76. The van der Waals surface area contributed by atoms with Crippen LogP contribution >= 0.6 is 0 Å². The number of carbonyl (C=O) groups is 1. The van der Waals surface area contributed by atoms with Crippen LogP contribution in [0.3, 0.4) is 0 Å². The Hall–Kier alpha value is -2.96. The topological polar surface area (TPSA) is 77.6 Å². The molecule has 2 heterocycles. The molecule has 7 nitrogen and oxygen atoms in total. The maximum Gasteiger partial charge on any atom is 0.224 e. The molecule has 0 saturated heterocycles. The first kappa shape index (κ1) is 15.6. The summed E-state index contributed by atoms with van der Waals surface area (Å²) in [5.74, 6) is 0.935. The minimum Gasteiger partial charge on any atom is -0.355 e. The molecule has 1 aliphatic carbocycles. The van der Waals surface area contributed by atoms with Crippen molar-refractivity contribution in [2.24, 2.45) is 0 Å². The molecule has 4 rings (SSSR count). The number of hydrogen-bond acceptors (Lipinski definition) is 4. The van der Waals surface area contributed by atoms with Crippen LogP contribution in [0.4, 0.5) is 0 Å². The molecule has 0 spiro atoms. The highest BCUT2D eigenvalue weighted by Gasteiger charge is 2.25. The van der Waals surface area contributed by atoms with E-state index in [-0.39, 0.29) is 5.91 Å². The number of aromatic nitrogens is 5. The molecule has 0 atom stereocenters. The average Bonchev–Trinajstić information content (AvgIpc) is 3.18. The molecule has 1 N–H and O–H groups in total. The predicted molar refractivity (Wildman–Crippen MR) is 92.3 cm³/mol. The van der Waals surface area contributed by atoms with Gasteiger partial charge in [-0.1, -0.05) is 18.2 Å². The summed E-state index contributed by atoms with van der Waals surface area (Å²) in [5.41, 5.74) is 1.87. The SMILES string of the molecule is O=C(Cc1cnn(-c2ccccc2)c1)NCCc1nncn1C1CC1. The third-order valence-corrected chi connectivity index (χ3v) is 4.28. The number of hydrogen-bond donors (Lipinski definition) is 1. The number of rotatable bonds is 7. The molecule has 2 aromatic heterocycles. The molecule has 0 radical (unpaired) electrons. The molecule has 25 heavy (non-hydrogen) atoms. The van der Waals surface area contributed by atoms with E-state index in [1.807, 2.05) is 36.5 Å². The molecule has 1 amide bonds. The smallest absolute Gasteiger partial charge is 0.224 e. The average molecular weight is 336 g/mol. The van der Waals surface area contributed by atoms with Crippen molar-refractivity contribution in [1.29, 1.82) is 0 Å². The normalized spacial score (nSPS) is 13.8. The van der Waals surface area contributed by atoms with E-state index in [0.29, 0.717) is 25.4 Å². The lowest BCUT2D eigenvalue weighted by atomic mass is 10.2. The van der Waals surface area contributed by atoms with E-state index in [0.717, 1.165) is 17.1 Å². The Balaban J connectivity index is 1.28. The number of nitrogens with one attached hydrogen (secondary N) is 1. The van der Waals surface area contributed by atoms with Gasteiger partial charge in [0.1, 0.15) is 12.2 Å². The summed E-state index contributed by atoms with van der Waals surface area (Å²) in [4.78, 5) is 12.1. The highest BCUT2D eigenvalue weighted by atomic mass is 16.1. The monoisotopic (exact) mass is 336 g/mol. The summed E-state index contributed by atoms with van der Waals surface area (Å²) in [7, 11) is 0. The largest absolute Gasteiger partial charge is 0.355 e. The maximum absolute atomic E-state index is 12.1. The summed E-state index contributed by atoms with van der Waals surface area (Å²) in [6, 6.07) is 10.4. The second-order valence-electron chi connectivity index (χ2n) is 6.29. The van der Waals surface area contributed by atoms with Gasteiger partial charge in [-0.25, -0.2) is 4.68 Å². The fraction of sp³-hybridized carbons (Fsp3) is 0.333. The Morgan fingerprint density at radius 2 is 2.08 bits per heavy atom. The third-order valence-electron chi connectivity index (χ3n) is 4.28. The van der Waals surface area contributed by atoms with E-state index in [9.17, 15) is 4.79 Å². The van der Waals surface area contributed by atoms with Gasteiger partial charge < -0.3 is 9.88 Å². The fourth-order valence-corrected chi connectivity index (χ4v) is 2.84. The van der Waals surface area contributed by atoms with Crippen LogP contribution in [0.1, 0.15) is 30.3 Å². The number of para-hydroxylation sites is 1. The van der Waals surface area contributed by atoms with E-state index in [2.05, 4.69) is 25.2 Å². The lowest BCUT2D eigenvalue weighted by Crippen LogP contribution is -2.27. The second-order valence-corrected chi connectivity index (χ2v) is 6.29. The van der Waals surface area contributed by atoms with Crippen LogP contribution in [0.2, 0.25) is 0 Å². The van der Waals surface area contributed by atoms with Crippen LogP contribution < -0.4 is 5.32 Å². The van der Waals surface area contributed by atoms with Gasteiger partial charge >= 0.3 is 0 Å². The van der Waals surface area contributed by atoms with Crippen molar-refractivity contribution in [1.82, 2.24) is 29.9 Å². The van der Waals surface area contributed by atoms with Crippen molar-refractivity contribution >= 4 is 5.91 Å². The maximum atomic E-state index is 12.1. The van der Waals surface area contributed by atoms with Gasteiger partial charge in [0, 0.05) is 25.2 Å². The Kier molecular flexibility index (Phi) is 4.28. The zero-order chi connectivity index (χ0) is 17.1. The van der Waals surface area contributed by atoms with Crippen molar-refractivity contribution in [3.05, 3.63) is 60.4 Å². The first-order valence-electron chi connectivity index (χ1n) is 8.53. The Morgan fingerprint density at radius 3 is 2.88 bits per heavy atom. The predicted octanol–water partition coefficient (Wildman–Crippen LogP) is 1.70. The summed E-state index contributed by atoms with van der Waals surface area (Å²) in [6.07, 6.45) is 8.82. The lowest BCUT2D eigenvalue weighted by molar-refractivity contribution is -0.120. The quantitative estimate of drug-likeness (QED) is 0.712. The van der Waals surface area contributed by atoms with Crippen LogP contribution in [0.5, 0.6) is 0 Å². The van der Waals surface area contributed by atoms with Gasteiger partial charge in [-0.15, -0.1) is 10.2 Å². The van der Waals surface area contributed by atoms with Gasteiger partial charge in [0.15, 0.2) is 0 Å². The molecule has 1 aromatic carbocycles. The van der Waals surface area contributed by atoms with E-state index in [1.165, 1.54) is 12.8 Å². The van der Waals surface area contributed by atoms with E-state index < -0.39 is 0 Å². The molecule has 1 aliphatic rings. The highest BCUT2D eigenvalue weighted by molar-refractivity contribution is 5.78. The van der Waals surface area contributed by atoms with E-state index in [1.54, 1.807) is 17.2 Å². The van der Waals surface area contributed by atoms with Crippen LogP contribution in [0, 0.1) is 0 Å². The van der Waals surface area contributed by atoms with Crippen LogP contribution in [-0.2, 0) is 17.6 Å². The van der Waals surface area contributed by atoms with Gasteiger partial charge in [-0.05, 0) is 30.5 Å². The lowest BCUT2D eigenvalue weighted by Gasteiger charge is -2.06. The first-order chi connectivity index (χ1) is 12.3. The molecule has 3 aromatic rings. The van der Waals surface area contributed by atoms with Crippen molar-refractivity contribution in [2.45, 2.75) is 31.7 Å². The van der Waals surface area contributed by atoms with Gasteiger partial charge in [0.25, 0.3) is 0 Å². The Morgan fingerprint density at radius 1 is 1.24 bits per heavy atom. The van der Waals surface area contributed by atoms with Crippen LogP contribution in [0.15, 0.2) is 49.1 Å². The van der Waals surface area contributed by atoms with Crippen molar-refractivity contribution < 1.29 is 4.79 Å². The number of benzene rings is 1. The molecule has 0 unspecified atom stereocenters. The van der Waals surface area contributed by atoms with Gasteiger partial charge in [-0.3, -0.25) is 4.79 Å². The minimum atomic E-state index is -0.00917. The Bertz CT molecular complexity index is 849. The Labute approximate surface area is 145 Å². The fourth-order valence-electron chi connectivity index (χ4n) is 2.84. The molecule has 0 bridgehead atoms. The van der Waals surface area contributed by atoms with Gasteiger partial charge in [0.2, 0.25) is 5.91 Å². The molecule has 1 saturated carbocycles. The van der Waals surface area contributed by atoms with Crippen molar-refractivity contribution in [3.8, 4) is 5.69 Å². The molecule has 0 aliphatic heterocycles. The first-order valence-corrected chi connectivity index (χ1v) is 8.53. The van der Waals surface area contributed by atoms with Crippen molar-refractivity contribution in [3.63, 3.8) is 0 Å². The summed E-state index contributed by atoms with van der Waals surface area (Å²) in [5, 5.41) is 15.4. The molecule has 1 fully saturated rings. The summed E-state index contributed by atoms with van der Waals surface area (Å²) in [6.45, 7) is 0.567. The van der Waals surface area contributed by atoms with Crippen LogP contribution in [-0.4, -0.2) is 37.0 Å². The number of nitrogens with zero attached hydrogens (tertiary/aromatic N) is 5. The second kappa shape index (κ2) is 6.88. The zero-order valence-corrected chi connectivity index (χ0v) is 13.9. The molecular formula is C18H20N6O. The highest BCUT2D eigenvalue weighted by Crippen LogP contribution is 2.35. The van der Waals surface area contributed by atoms with Crippen molar-refractivity contribution in [2.75, 3.05) is 6.54 Å². The van der Waals surface area contributed by atoms with E-state index >= 15 is 0 Å². The van der Waals surface area contributed by atoms with Gasteiger partial charge in [-0.2, -0.15) is 5.10 Å².